The van der Waals surface area contributed by atoms with Gasteiger partial charge in [0.1, 0.15) is 0 Å². The van der Waals surface area contributed by atoms with Gasteiger partial charge in [0.05, 0.1) is 0 Å². The Balaban J connectivity index is 2.10. The minimum Gasteiger partial charge on any atom is -0.478 e. The summed E-state index contributed by atoms with van der Waals surface area (Å²) in [6, 6.07) is 5.67. The molecule has 88 valence electrons. The first-order chi connectivity index (χ1) is 8.18. The number of aromatic nitrogens is 3. The Morgan fingerprint density at radius 3 is 3.12 bits per heavy atom. The Morgan fingerprint density at radius 1 is 1.53 bits per heavy atom. The first kappa shape index (κ1) is 11.7. The monoisotopic (exact) mass is 249 g/mol. The number of hydrogen-bond acceptors (Lipinski definition) is 4. The van der Waals surface area contributed by atoms with Gasteiger partial charge < -0.3 is 5.11 Å². The van der Waals surface area contributed by atoms with Crippen LogP contribution in [0.5, 0.6) is 0 Å². The lowest BCUT2D eigenvalue weighted by Gasteiger charge is -1.97. The van der Waals surface area contributed by atoms with E-state index in [1.807, 2.05) is 28.8 Å². The highest BCUT2D eigenvalue weighted by molar-refractivity contribution is 7.99. The highest BCUT2D eigenvalue weighted by Gasteiger charge is 2.04. The van der Waals surface area contributed by atoms with Gasteiger partial charge in [-0.2, -0.15) is 0 Å². The standard InChI is InChI=1S/C11H11N3O2S/c1-8(10(15)16)5-7-17-11-13-12-9-4-2-3-6-14(9)11/h2-6H,7H2,1H3,(H,15,16). The lowest BCUT2D eigenvalue weighted by atomic mass is 10.3. The Labute approximate surface area is 102 Å². The first-order valence-corrected chi connectivity index (χ1v) is 5.99. The van der Waals surface area contributed by atoms with Crippen LogP contribution < -0.4 is 0 Å². The highest BCUT2D eigenvalue weighted by atomic mass is 32.2. The van der Waals surface area contributed by atoms with Crippen LogP contribution in [0.15, 0.2) is 41.2 Å². The average molecular weight is 249 g/mol. The summed E-state index contributed by atoms with van der Waals surface area (Å²) in [5.41, 5.74) is 1.13. The normalized spacial score (nSPS) is 11.9. The molecule has 0 bridgehead atoms. The third-order valence-corrected chi connectivity index (χ3v) is 3.09. The van der Waals surface area contributed by atoms with E-state index >= 15 is 0 Å². The number of rotatable bonds is 4. The van der Waals surface area contributed by atoms with Gasteiger partial charge in [-0.1, -0.05) is 23.9 Å². The summed E-state index contributed by atoms with van der Waals surface area (Å²) in [5, 5.41) is 17.5. The molecule has 2 aromatic rings. The lowest BCUT2D eigenvalue weighted by Crippen LogP contribution is -1.96. The summed E-state index contributed by atoms with van der Waals surface area (Å²) >= 11 is 1.45. The summed E-state index contributed by atoms with van der Waals surface area (Å²) in [5.74, 6) is -0.329. The Kier molecular flexibility index (Phi) is 3.43. The molecule has 0 aliphatic carbocycles. The Bertz CT molecular complexity index is 577. The fourth-order valence-corrected chi connectivity index (χ4v) is 2.12. The molecule has 6 heteroatoms. The van der Waals surface area contributed by atoms with E-state index in [0.717, 1.165) is 10.8 Å². The molecule has 0 atom stereocenters. The maximum atomic E-state index is 10.6. The van der Waals surface area contributed by atoms with Crippen LogP contribution in [-0.2, 0) is 4.79 Å². The molecule has 1 N–H and O–H groups in total. The van der Waals surface area contributed by atoms with Crippen LogP contribution in [0, 0.1) is 0 Å². The predicted molar refractivity (Wildman–Crippen MR) is 65.1 cm³/mol. The fourth-order valence-electron chi connectivity index (χ4n) is 1.25. The third-order valence-electron chi connectivity index (χ3n) is 2.22. The Hall–Kier alpha value is -1.82. The number of carboxylic acids is 1. The fraction of sp³-hybridized carbons (Fsp3) is 0.182. The molecule has 0 unspecified atom stereocenters. The van der Waals surface area contributed by atoms with Crippen LogP contribution in [0.2, 0.25) is 0 Å². The van der Waals surface area contributed by atoms with Crippen LogP contribution in [0.1, 0.15) is 6.92 Å². The summed E-state index contributed by atoms with van der Waals surface area (Å²) in [7, 11) is 0. The highest BCUT2D eigenvalue weighted by Crippen LogP contribution is 2.17. The minimum atomic E-state index is -0.892. The van der Waals surface area contributed by atoms with Crippen molar-refractivity contribution in [1.29, 1.82) is 0 Å². The van der Waals surface area contributed by atoms with Gasteiger partial charge in [-0.3, -0.25) is 4.40 Å². The van der Waals surface area contributed by atoms with E-state index in [1.165, 1.54) is 11.8 Å². The third kappa shape index (κ3) is 2.65. The predicted octanol–water partition coefficient (Wildman–Crippen LogP) is 1.85. The molecule has 0 fully saturated rings. The van der Waals surface area contributed by atoms with Crippen molar-refractivity contribution < 1.29 is 9.90 Å². The number of fused-ring (bicyclic) bond motifs is 1. The molecule has 17 heavy (non-hydrogen) atoms. The maximum Gasteiger partial charge on any atom is 0.330 e. The molecule has 2 rings (SSSR count). The SMILES string of the molecule is CC(=CCSc1nnc2ccccn12)C(=O)O. The number of hydrogen-bond donors (Lipinski definition) is 1. The van der Waals surface area contributed by atoms with Crippen molar-refractivity contribution in [3.8, 4) is 0 Å². The minimum absolute atomic E-state index is 0.339. The molecule has 0 saturated heterocycles. The molecule has 0 amide bonds. The summed E-state index contributed by atoms with van der Waals surface area (Å²) in [6.45, 7) is 1.57. The lowest BCUT2D eigenvalue weighted by molar-refractivity contribution is -0.132. The zero-order valence-electron chi connectivity index (χ0n) is 9.20. The van der Waals surface area contributed by atoms with Crippen molar-refractivity contribution in [2.75, 3.05) is 5.75 Å². The number of thioether (sulfide) groups is 1. The van der Waals surface area contributed by atoms with E-state index in [1.54, 1.807) is 13.0 Å². The zero-order chi connectivity index (χ0) is 12.3. The summed E-state index contributed by atoms with van der Waals surface area (Å²) in [4.78, 5) is 10.6. The van der Waals surface area contributed by atoms with Gasteiger partial charge in [0, 0.05) is 17.5 Å². The molecule has 2 heterocycles. The van der Waals surface area contributed by atoms with Gasteiger partial charge in [0.15, 0.2) is 10.8 Å². The van der Waals surface area contributed by atoms with Crippen LogP contribution in [-0.4, -0.2) is 31.4 Å². The largest absolute Gasteiger partial charge is 0.478 e. The molecular formula is C11H11N3O2S. The molecule has 0 spiro atoms. The topological polar surface area (TPSA) is 67.5 Å². The van der Waals surface area contributed by atoms with Crippen molar-refractivity contribution in [3.63, 3.8) is 0 Å². The van der Waals surface area contributed by atoms with E-state index in [2.05, 4.69) is 10.2 Å². The van der Waals surface area contributed by atoms with Crippen molar-refractivity contribution in [3.05, 3.63) is 36.0 Å². The smallest absolute Gasteiger partial charge is 0.330 e. The molecule has 5 nitrogen and oxygen atoms in total. The van der Waals surface area contributed by atoms with E-state index in [-0.39, 0.29) is 0 Å². The van der Waals surface area contributed by atoms with Crippen LogP contribution in [0.25, 0.3) is 5.65 Å². The second-order valence-electron chi connectivity index (χ2n) is 3.41. The van der Waals surface area contributed by atoms with E-state index in [4.69, 9.17) is 5.11 Å². The Morgan fingerprint density at radius 2 is 2.35 bits per heavy atom. The average Bonchev–Trinajstić information content (AvgIpc) is 2.72. The van der Waals surface area contributed by atoms with Crippen LogP contribution in [0.4, 0.5) is 0 Å². The molecule has 0 aromatic carbocycles. The van der Waals surface area contributed by atoms with Crippen LogP contribution >= 0.6 is 11.8 Å². The van der Waals surface area contributed by atoms with Crippen molar-refractivity contribution in [2.45, 2.75) is 12.1 Å². The quantitative estimate of drug-likeness (QED) is 0.661. The number of aliphatic carboxylic acids is 1. The van der Waals surface area contributed by atoms with Gasteiger partial charge in [-0.15, -0.1) is 10.2 Å². The molecule has 0 aliphatic rings. The molecule has 2 aromatic heterocycles. The number of nitrogens with zero attached hydrogens (tertiary/aromatic N) is 3. The zero-order valence-corrected chi connectivity index (χ0v) is 10.0. The van der Waals surface area contributed by atoms with Gasteiger partial charge in [0.25, 0.3) is 0 Å². The first-order valence-electron chi connectivity index (χ1n) is 5.01. The van der Waals surface area contributed by atoms with Crippen molar-refractivity contribution in [2.24, 2.45) is 0 Å². The van der Waals surface area contributed by atoms with Gasteiger partial charge in [0.2, 0.25) is 0 Å². The van der Waals surface area contributed by atoms with Gasteiger partial charge in [-0.25, -0.2) is 4.79 Å². The van der Waals surface area contributed by atoms with E-state index < -0.39 is 5.97 Å². The maximum absolute atomic E-state index is 10.6. The van der Waals surface area contributed by atoms with Crippen molar-refractivity contribution >= 4 is 23.4 Å². The second-order valence-corrected chi connectivity index (χ2v) is 4.40. The van der Waals surface area contributed by atoms with E-state index in [9.17, 15) is 4.79 Å². The number of pyridine rings is 1. The van der Waals surface area contributed by atoms with Gasteiger partial charge in [-0.05, 0) is 19.1 Å². The van der Waals surface area contributed by atoms with Crippen molar-refractivity contribution in [1.82, 2.24) is 14.6 Å². The molecule has 0 saturated carbocycles. The van der Waals surface area contributed by atoms with Crippen LogP contribution in [0.3, 0.4) is 0 Å². The van der Waals surface area contributed by atoms with E-state index in [0.29, 0.717) is 11.3 Å². The molecule has 0 aliphatic heterocycles. The molecule has 0 radical (unpaired) electrons. The van der Waals surface area contributed by atoms with Gasteiger partial charge >= 0.3 is 5.97 Å². The molecular weight excluding hydrogens is 238 g/mol. The summed E-state index contributed by atoms with van der Waals surface area (Å²) < 4.78 is 1.87. The second kappa shape index (κ2) is 5.01. The summed E-state index contributed by atoms with van der Waals surface area (Å²) in [6.07, 6.45) is 3.54. The number of carbonyl (C=O) groups is 1. The number of carboxylic acid groups (broad SMARTS) is 1.